The van der Waals surface area contributed by atoms with E-state index < -0.39 is 10.0 Å². The highest BCUT2D eigenvalue weighted by Gasteiger charge is 2.32. The Morgan fingerprint density at radius 1 is 1.33 bits per heavy atom. The third-order valence-electron chi connectivity index (χ3n) is 4.34. The van der Waals surface area contributed by atoms with E-state index in [1.165, 1.54) is 10.4 Å². The van der Waals surface area contributed by atoms with Gasteiger partial charge in [-0.3, -0.25) is 0 Å². The van der Waals surface area contributed by atoms with Crippen LogP contribution in [0.15, 0.2) is 19.8 Å². The molecule has 0 saturated carbocycles. The van der Waals surface area contributed by atoms with Crippen LogP contribution in [-0.4, -0.2) is 62.9 Å². The van der Waals surface area contributed by atoms with E-state index in [4.69, 9.17) is 8.83 Å². The third kappa shape index (κ3) is 4.00. The summed E-state index contributed by atoms with van der Waals surface area (Å²) in [6.45, 7) is 3.94. The molecular weight excluding hydrogens is 370 g/mol. The van der Waals surface area contributed by atoms with E-state index in [0.29, 0.717) is 19.6 Å². The fourth-order valence-electron chi connectivity index (χ4n) is 2.91. The number of nitrogens with one attached hydrogen (secondary N) is 1. The van der Waals surface area contributed by atoms with Crippen LogP contribution in [0.25, 0.3) is 11.7 Å². The van der Waals surface area contributed by atoms with Crippen LogP contribution in [0.4, 0.5) is 5.88 Å². The molecule has 1 fully saturated rings. The van der Waals surface area contributed by atoms with Gasteiger partial charge in [-0.15, -0.1) is 0 Å². The van der Waals surface area contributed by atoms with Crippen molar-refractivity contribution in [2.24, 2.45) is 0 Å². The first-order chi connectivity index (χ1) is 12.8. The SMILES string of the molecule is Cc1oc(-c2nc(C#N)c(NCCN(C)C)o2)cc1S(=O)(=O)N1CCCC1. The monoisotopic (exact) mass is 393 g/mol. The predicted molar refractivity (Wildman–Crippen MR) is 98.7 cm³/mol. The van der Waals surface area contributed by atoms with Crippen LogP contribution in [-0.2, 0) is 10.0 Å². The van der Waals surface area contributed by atoms with Gasteiger partial charge in [0.25, 0.3) is 5.89 Å². The van der Waals surface area contributed by atoms with Gasteiger partial charge in [0.2, 0.25) is 21.6 Å². The highest BCUT2D eigenvalue weighted by atomic mass is 32.2. The molecule has 2 aromatic rings. The molecule has 2 aromatic heterocycles. The molecule has 0 unspecified atom stereocenters. The second-order valence-electron chi connectivity index (χ2n) is 6.68. The maximum atomic E-state index is 12.8. The normalized spacial score (nSPS) is 15.4. The summed E-state index contributed by atoms with van der Waals surface area (Å²) in [5, 5.41) is 12.3. The lowest BCUT2D eigenvalue weighted by atomic mass is 10.4. The Hall–Kier alpha value is -2.35. The lowest BCUT2D eigenvalue weighted by Gasteiger charge is -2.14. The second kappa shape index (κ2) is 7.72. The maximum absolute atomic E-state index is 12.8. The Morgan fingerprint density at radius 3 is 2.67 bits per heavy atom. The van der Waals surface area contributed by atoms with Crippen molar-refractivity contribution in [1.29, 1.82) is 5.26 Å². The van der Waals surface area contributed by atoms with Crippen molar-refractivity contribution in [2.75, 3.05) is 45.6 Å². The zero-order valence-corrected chi connectivity index (χ0v) is 16.5. The number of furan rings is 1. The van der Waals surface area contributed by atoms with Crippen LogP contribution < -0.4 is 5.32 Å². The number of aryl methyl sites for hydroxylation is 1. The van der Waals surface area contributed by atoms with Crippen LogP contribution in [0, 0.1) is 18.3 Å². The summed E-state index contributed by atoms with van der Waals surface area (Å²) in [4.78, 5) is 6.22. The molecule has 3 heterocycles. The van der Waals surface area contributed by atoms with Gasteiger partial charge in [0.1, 0.15) is 16.7 Å². The molecule has 0 spiro atoms. The van der Waals surface area contributed by atoms with Gasteiger partial charge in [0, 0.05) is 32.2 Å². The number of nitrogens with zero attached hydrogens (tertiary/aromatic N) is 4. The summed E-state index contributed by atoms with van der Waals surface area (Å²) in [5.41, 5.74) is 0.0989. The van der Waals surface area contributed by atoms with E-state index in [1.54, 1.807) is 6.92 Å². The lowest BCUT2D eigenvalue weighted by Crippen LogP contribution is -2.27. The average Bonchev–Trinajstić information content (AvgIpc) is 3.33. The predicted octanol–water partition coefficient (Wildman–Crippen LogP) is 1.87. The Kier molecular flexibility index (Phi) is 5.55. The largest absolute Gasteiger partial charge is 0.455 e. The minimum atomic E-state index is -3.61. The van der Waals surface area contributed by atoms with Gasteiger partial charge >= 0.3 is 0 Å². The van der Waals surface area contributed by atoms with Crippen molar-refractivity contribution in [3.63, 3.8) is 0 Å². The average molecular weight is 393 g/mol. The van der Waals surface area contributed by atoms with E-state index in [-0.39, 0.29) is 33.9 Å². The molecular formula is C17H23N5O4S. The number of likely N-dealkylation sites (N-methyl/N-ethyl adjacent to an activating group) is 1. The first-order valence-electron chi connectivity index (χ1n) is 8.73. The van der Waals surface area contributed by atoms with Gasteiger partial charge < -0.3 is 19.1 Å². The summed E-state index contributed by atoms with van der Waals surface area (Å²) in [6.07, 6.45) is 1.71. The summed E-state index contributed by atoms with van der Waals surface area (Å²) >= 11 is 0. The molecule has 1 aliphatic heterocycles. The summed E-state index contributed by atoms with van der Waals surface area (Å²) in [5.74, 6) is 0.774. The van der Waals surface area contributed by atoms with Crippen molar-refractivity contribution >= 4 is 15.9 Å². The van der Waals surface area contributed by atoms with Gasteiger partial charge in [-0.2, -0.15) is 14.6 Å². The Labute approximate surface area is 158 Å². The fraction of sp³-hybridized carbons (Fsp3) is 0.529. The first kappa shape index (κ1) is 19.4. The van der Waals surface area contributed by atoms with Gasteiger partial charge in [0.15, 0.2) is 5.76 Å². The molecule has 0 bridgehead atoms. The Bertz CT molecular complexity index is 949. The fourth-order valence-corrected chi connectivity index (χ4v) is 4.59. The molecule has 10 heteroatoms. The number of aromatic nitrogens is 1. The molecule has 9 nitrogen and oxygen atoms in total. The number of hydrogen-bond acceptors (Lipinski definition) is 8. The molecule has 0 amide bonds. The highest BCUT2D eigenvalue weighted by molar-refractivity contribution is 7.89. The molecule has 3 rings (SSSR count). The molecule has 0 atom stereocenters. The summed E-state index contributed by atoms with van der Waals surface area (Å²) < 4.78 is 38.2. The zero-order chi connectivity index (χ0) is 19.6. The Morgan fingerprint density at radius 2 is 2.04 bits per heavy atom. The van der Waals surface area contributed by atoms with Gasteiger partial charge in [-0.25, -0.2) is 8.42 Å². The number of nitriles is 1. The number of sulfonamides is 1. The van der Waals surface area contributed by atoms with Gasteiger partial charge in [0.05, 0.1) is 0 Å². The molecule has 0 aliphatic carbocycles. The number of anilines is 1. The minimum Gasteiger partial charge on any atom is -0.455 e. The van der Waals surface area contributed by atoms with Crippen LogP contribution in [0.2, 0.25) is 0 Å². The van der Waals surface area contributed by atoms with E-state index in [2.05, 4.69) is 10.3 Å². The van der Waals surface area contributed by atoms with Crippen LogP contribution in [0.3, 0.4) is 0 Å². The van der Waals surface area contributed by atoms with Gasteiger partial charge in [-0.05, 0) is 33.9 Å². The summed E-state index contributed by atoms with van der Waals surface area (Å²) in [7, 11) is 0.269. The topological polar surface area (TPSA) is 116 Å². The highest BCUT2D eigenvalue weighted by Crippen LogP contribution is 2.32. The lowest BCUT2D eigenvalue weighted by molar-refractivity contribution is 0.422. The minimum absolute atomic E-state index is 0.0740. The Balaban J connectivity index is 1.87. The molecule has 0 aromatic carbocycles. The summed E-state index contributed by atoms with van der Waals surface area (Å²) in [6, 6.07) is 3.39. The van der Waals surface area contributed by atoms with E-state index in [1.807, 2.05) is 25.1 Å². The molecule has 0 radical (unpaired) electrons. The van der Waals surface area contributed by atoms with Crippen molar-refractivity contribution in [2.45, 2.75) is 24.7 Å². The molecule has 1 aliphatic rings. The van der Waals surface area contributed by atoms with Crippen molar-refractivity contribution in [1.82, 2.24) is 14.2 Å². The molecule has 1 N–H and O–H groups in total. The second-order valence-corrected chi connectivity index (χ2v) is 8.59. The van der Waals surface area contributed by atoms with E-state index >= 15 is 0 Å². The number of rotatable bonds is 7. The van der Waals surface area contributed by atoms with Crippen LogP contribution in [0.1, 0.15) is 24.3 Å². The smallest absolute Gasteiger partial charge is 0.266 e. The standard InChI is InChI=1S/C17H23N5O4S/c1-12-15(27(23,24)22-7-4-5-8-22)10-14(25-12)17-20-13(11-18)16(26-17)19-6-9-21(2)3/h10,19H,4-9H2,1-3H3. The zero-order valence-electron chi connectivity index (χ0n) is 15.7. The van der Waals surface area contributed by atoms with Gasteiger partial charge in [-0.1, -0.05) is 0 Å². The maximum Gasteiger partial charge on any atom is 0.266 e. The number of oxazole rings is 1. The quantitative estimate of drug-likeness (QED) is 0.758. The molecule has 1 saturated heterocycles. The number of hydrogen-bond donors (Lipinski definition) is 1. The van der Waals surface area contributed by atoms with Crippen molar-refractivity contribution < 1.29 is 17.3 Å². The van der Waals surface area contributed by atoms with E-state index in [0.717, 1.165) is 19.4 Å². The third-order valence-corrected chi connectivity index (χ3v) is 6.35. The molecule has 146 valence electrons. The van der Waals surface area contributed by atoms with Crippen molar-refractivity contribution in [3.8, 4) is 17.7 Å². The first-order valence-corrected chi connectivity index (χ1v) is 10.2. The van der Waals surface area contributed by atoms with Crippen LogP contribution >= 0.6 is 0 Å². The van der Waals surface area contributed by atoms with Crippen LogP contribution in [0.5, 0.6) is 0 Å². The van der Waals surface area contributed by atoms with Crippen molar-refractivity contribution in [3.05, 3.63) is 17.5 Å². The molecule has 27 heavy (non-hydrogen) atoms. The van der Waals surface area contributed by atoms with E-state index in [9.17, 15) is 13.7 Å².